The van der Waals surface area contributed by atoms with E-state index in [-0.39, 0.29) is 0 Å². The van der Waals surface area contributed by atoms with Crippen LogP contribution in [0.5, 0.6) is 0 Å². The third-order valence-corrected chi connectivity index (χ3v) is 4.82. The number of anilines is 1. The Morgan fingerprint density at radius 2 is 2.11 bits per heavy atom. The summed E-state index contributed by atoms with van der Waals surface area (Å²) in [6, 6.07) is 0.463. The second-order valence-corrected chi connectivity index (χ2v) is 6.02. The molecule has 1 aliphatic carbocycles. The molecule has 1 atom stereocenters. The quantitative estimate of drug-likeness (QED) is 0.813. The topological polar surface area (TPSA) is 41.9 Å². The van der Waals surface area contributed by atoms with Crippen molar-refractivity contribution < 1.29 is 0 Å². The highest BCUT2D eigenvalue weighted by Crippen LogP contribution is 2.43. The van der Waals surface area contributed by atoms with Crippen LogP contribution in [0.4, 0.5) is 5.82 Å². The van der Waals surface area contributed by atoms with Gasteiger partial charge in [0, 0.05) is 19.2 Å². The van der Waals surface area contributed by atoms with Gasteiger partial charge in [0.2, 0.25) is 0 Å². The molecule has 4 nitrogen and oxygen atoms in total. The van der Waals surface area contributed by atoms with Gasteiger partial charge in [0.25, 0.3) is 0 Å². The first kappa shape index (κ1) is 11.5. The highest BCUT2D eigenvalue weighted by molar-refractivity contribution is 5.82. The Kier molecular flexibility index (Phi) is 2.65. The molecule has 0 unspecified atom stereocenters. The van der Waals surface area contributed by atoms with E-state index in [1.165, 1.54) is 55.6 Å². The summed E-state index contributed by atoms with van der Waals surface area (Å²) in [7, 11) is 2.07. The summed E-state index contributed by atoms with van der Waals surface area (Å²) in [6.45, 7) is 2.16. The van der Waals surface area contributed by atoms with Gasteiger partial charge in [0.1, 0.15) is 5.82 Å². The lowest BCUT2D eigenvalue weighted by atomic mass is 9.84. The van der Waals surface area contributed by atoms with Gasteiger partial charge in [-0.05, 0) is 56.2 Å². The largest absolute Gasteiger partial charge is 0.366 e. The van der Waals surface area contributed by atoms with Gasteiger partial charge in [0.05, 0.1) is 11.7 Å². The molecule has 2 aliphatic heterocycles. The van der Waals surface area contributed by atoms with E-state index in [9.17, 15) is 0 Å². The maximum absolute atomic E-state index is 4.82. The van der Waals surface area contributed by atoms with Crippen molar-refractivity contribution in [3.05, 3.63) is 16.8 Å². The zero-order valence-corrected chi connectivity index (χ0v) is 11.6. The average molecular weight is 258 g/mol. The number of nitrogens with one attached hydrogen (secondary N) is 2. The predicted octanol–water partition coefficient (Wildman–Crippen LogP) is 2.60. The Morgan fingerprint density at radius 3 is 2.95 bits per heavy atom. The molecule has 1 saturated heterocycles. The lowest BCUT2D eigenvalue weighted by Gasteiger charge is -2.27. The van der Waals surface area contributed by atoms with E-state index < -0.39 is 0 Å². The number of aromatic nitrogens is 2. The zero-order valence-electron chi connectivity index (χ0n) is 11.6. The van der Waals surface area contributed by atoms with Gasteiger partial charge in [-0.1, -0.05) is 0 Å². The molecule has 1 aromatic heterocycles. The van der Waals surface area contributed by atoms with Crippen LogP contribution in [0.25, 0.3) is 5.57 Å². The van der Waals surface area contributed by atoms with Crippen molar-refractivity contribution in [1.29, 1.82) is 0 Å². The number of hydrogen-bond acceptors (Lipinski definition) is 3. The van der Waals surface area contributed by atoms with Crippen molar-refractivity contribution in [3.63, 3.8) is 0 Å². The van der Waals surface area contributed by atoms with Crippen molar-refractivity contribution in [2.45, 2.75) is 44.6 Å². The molecule has 4 heteroatoms. The van der Waals surface area contributed by atoms with Crippen molar-refractivity contribution in [2.75, 3.05) is 18.4 Å². The van der Waals surface area contributed by atoms with Gasteiger partial charge in [-0.15, -0.1) is 0 Å². The highest BCUT2D eigenvalue weighted by Gasteiger charge is 2.31. The zero-order chi connectivity index (χ0) is 12.8. The van der Waals surface area contributed by atoms with Crippen LogP contribution >= 0.6 is 0 Å². The molecule has 0 saturated carbocycles. The van der Waals surface area contributed by atoms with Crippen molar-refractivity contribution in [3.8, 4) is 0 Å². The maximum Gasteiger partial charge on any atom is 0.132 e. The molecule has 3 aliphatic rings. The van der Waals surface area contributed by atoms with Gasteiger partial charge >= 0.3 is 0 Å². The van der Waals surface area contributed by atoms with Crippen LogP contribution in [0.15, 0.2) is 5.57 Å². The van der Waals surface area contributed by atoms with Crippen LogP contribution in [-0.2, 0) is 7.05 Å². The summed E-state index contributed by atoms with van der Waals surface area (Å²) in [4.78, 5) is 0. The number of allylic oxidation sites excluding steroid dienone is 1. The third-order valence-electron chi connectivity index (χ3n) is 4.82. The molecule has 4 rings (SSSR count). The fourth-order valence-electron chi connectivity index (χ4n) is 3.86. The fraction of sp³-hybridized carbons (Fsp3) is 0.667. The average Bonchev–Trinajstić information content (AvgIpc) is 3.07. The van der Waals surface area contributed by atoms with Crippen LogP contribution < -0.4 is 10.6 Å². The molecule has 0 bridgehead atoms. The minimum atomic E-state index is 0.463. The van der Waals surface area contributed by atoms with Gasteiger partial charge in [-0.2, -0.15) is 5.10 Å². The molecule has 0 radical (unpaired) electrons. The fourth-order valence-corrected chi connectivity index (χ4v) is 3.86. The lowest BCUT2D eigenvalue weighted by molar-refractivity contribution is 0.606. The van der Waals surface area contributed by atoms with Crippen LogP contribution in [-0.4, -0.2) is 22.9 Å². The molecule has 2 N–H and O–H groups in total. The van der Waals surface area contributed by atoms with E-state index in [4.69, 9.17) is 5.10 Å². The molecule has 3 heterocycles. The molecular formula is C15H22N4. The summed E-state index contributed by atoms with van der Waals surface area (Å²) in [5.41, 5.74) is 5.96. The van der Waals surface area contributed by atoms with Gasteiger partial charge in [-0.25, -0.2) is 0 Å². The summed E-state index contributed by atoms with van der Waals surface area (Å²) in [6.07, 6.45) is 7.71. The Balaban J connectivity index is 1.85. The summed E-state index contributed by atoms with van der Waals surface area (Å²) in [5.74, 6) is 1.24. The normalized spacial score (nSPS) is 26.1. The summed E-state index contributed by atoms with van der Waals surface area (Å²) < 4.78 is 2.04. The number of hydrogen-bond donors (Lipinski definition) is 2. The monoisotopic (exact) mass is 258 g/mol. The molecule has 0 aromatic carbocycles. The smallest absolute Gasteiger partial charge is 0.132 e. The first-order chi connectivity index (χ1) is 9.34. The summed E-state index contributed by atoms with van der Waals surface area (Å²) >= 11 is 0. The highest BCUT2D eigenvalue weighted by atomic mass is 15.3. The van der Waals surface area contributed by atoms with Crippen LogP contribution in [0.3, 0.4) is 0 Å². The molecule has 102 valence electrons. The minimum absolute atomic E-state index is 0.463. The van der Waals surface area contributed by atoms with Crippen molar-refractivity contribution in [2.24, 2.45) is 7.05 Å². The Bertz CT molecular complexity index is 535. The van der Waals surface area contributed by atoms with Crippen LogP contribution in [0.1, 0.15) is 55.8 Å². The van der Waals surface area contributed by atoms with E-state index >= 15 is 0 Å². The number of aryl methyl sites for hydroxylation is 1. The Hall–Kier alpha value is -1.29. The third kappa shape index (κ3) is 1.73. The minimum Gasteiger partial charge on any atom is -0.366 e. The van der Waals surface area contributed by atoms with E-state index in [0.29, 0.717) is 6.04 Å². The first-order valence-corrected chi connectivity index (χ1v) is 7.60. The Labute approximate surface area is 114 Å². The molecule has 1 aromatic rings. The van der Waals surface area contributed by atoms with Crippen LogP contribution in [0.2, 0.25) is 0 Å². The number of fused-ring (bicyclic) bond motifs is 2. The van der Waals surface area contributed by atoms with E-state index in [1.807, 2.05) is 4.68 Å². The second-order valence-electron chi connectivity index (χ2n) is 6.02. The second kappa shape index (κ2) is 4.37. The lowest BCUT2D eigenvalue weighted by Crippen LogP contribution is -2.20. The van der Waals surface area contributed by atoms with Crippen molar-refractivity contribution >= 4 is 11.4 Å². The SMILES string of the molecule is Cn1nc([C@H]2CCCN2)c2c1NCC1=C2CCCC1. The standard InChI is InChI=1S/C15H22N4/c1-19-15-13(14(18-19)12-7-4-8-16-12)11-6-3-2-5-10(11)9-17-15/h12,16-17H,2-9H2,1H3/t12-/m1/s1. The molecule has 0 spiro atoms. The summed E-state index contributed by atoms with van der Waals surface area (Å²) in [5, 5.41) is 12.0. The molecule has 1 fully saturated rings. The Morgan fingerprint density at radius 1 is 1.21 bits per heavy atom. The van der Waals surface area contributed by atoms with Crippen LogP contribution in [0, 0.1) is 0 Å². The first-order valence-electron chi connectivity index (χ1n) is 7.60. The molecular weight excluding hydrogens is 236 g/mol. The number of rotatable bonds is 1. The van der Waals surface area contributed by atoms with Gasteiger partial charge < -0.3 is 10.6 Å². The van der Waals surface area contributed by atoms with Gasteiger partial charge in [0.15, 0.2) is 0 Å². The number of nitrogens with zero attached hydrogens (tertiary/aromatic N) is 2. The van der Waals surface area contributed by atoms with E-state index in [0.717, 1.165) is 13.1 Å². The van der Waals surface area contributed by atoms with E-state index in [1.54, 1.807) is 11.1 Å². The van der Waals surface area contributed by atoms with E-state index in [2.05, 4.69) is 17.7 Å². The maximum atomic E-state index is 4.82. The predicted molar refractivity (Wildman–Crippen MR) is 77.1 cm³/mol. The van der Waals surface area contributed by atoms with Gasteiger partial charge in [-0.3, -0.25) is 4.68 Å². The molecule has 19 heavy (non-hydrogen) atoms. The molecule has 0 amide bonds. The van der Waals surface area contributed by atoms with Crippen molar-refractivity contribution in [1.82, 2.24) is 15.1 Å².